The molecule has 6 nitrogen and oxygen atoms in total. The van der Waals surface area contributed by atoms with Crippen molar-refractivity contribution >= 4 is 21.8 Å². The van der Waals surface area contributed by atoms with Crippen LogP contribution in [-0.2, 0) is 25.7 Å². The lowest BCUT2D eigenvalue weighted by Crippen LogP contribution is -2.21. The van der Waals surface area contributed by atoms with E-state index in [1.54, 1.807) is 36.4 Å². The normalized spacial score (nSPS) is 12.9. The first-order chi connectivity index (χ1) is 19.4. The summed E-state index contributed by atoms with van der Waals surface area (Å²) in [7, 11) is -1.70. The molecule has 1 heterocycles. The Hall–Kier alpha value is -4.23. The number of fused-ring (bicyclic) bond motifs is 5. The van der Waals surface area contributed by atoms with Gasteiger partial charge in [-0.25, -0.2) is 18.0 Å². The highest BCUT2D eigenvalue weighted by atomic mass is 32.2. The third kappa shape index (κ3) is 4.40. The molecule has 5 rings (SSSR count). The Labute approximate surface area is 234 Å². The Morgan fingerprint density at radius 2 is 1.25 bits per heavy atom. The SMILES string of the molecule is CCCCCc1c(C(=O)OC)c(C(=O)OC)c(-c2ccccc2)c2c1S(=O)(=O)c1ccccc1-c1ccccc1-2. The fourth-order valence-corrected chi connectivity index (χ4v) is 7.57. The van der Waals surface area contributed by atoms with E-state index in [9.17, 15) is 18.0 Å². The molecule has 0 spiro atoms. The molecule has 0 atom stereocenters. The average Bonchev–Trinajstić information content (AvgIpc) is 3.07. The maximum Gasteiger partial charge on any atom is 0.339 e. The Kier molecular flexibility index (Phi) is 7.59. The third-order valence-corrected chi connectivity index (χ3v) is 9.28. The first kappa shape index (κ1) is 27.3. The van der Waals surface area contributed by atoms with Gasteiger partial charge in [-0.05, 0) is 41.2 Å². The van der Waals surface area contributed by atoms with Crippen LogP contribution < -0.4 is 0 Å². The van der Waals surface area contributed by atoms with E-state index in [4.69, 9.17) is 9.47 Å². The van der Waals surface area contributed by atoms with E-state index in [1.165, 1.54) is 14.2 Å². The largest absolute Gasteiger partial charge is 0.465 e. The van der Waals surface area contributed by atoms with Crippen LogP contribution in [0.15, 0.2) is 88.7 Å². The molecule has 0 saturated heterocycles. The second-order valence-corrected chi connectivity index (χ2v) is 11.5. The molecule has 0 bridgehead atoms. The molecular formula is C33H30O6S. The highest BCUT2D eigenvalue weighted by Gasteiger charge is 2.40. The minimum Gasteiger partial charge on any atom is -0.465 e. The number of carbonyl (C=O) groups is 2. The van der Waals surface area contributed by atoms with Gasteiger partial charge >= 0.3 is 11.9 Å². The predicted octanol–water partition coefficient (Wildman–Crippen LogP) is 7.14. The van der Waals surface area contributed by atoms with Crippen molar-refractivity contribution in [1.82, 2.24) is 0 Å². The van der Waals surface area contributed by atoms with E-state index in [0.717, 1.165) is 18.4 Å². The maximum absolute atomic E-state index is 14.8. The zero-order chi connectivity index (χ0) is 28.4. The summed E-state index contributed by atoms with van der Waals surface area (Å²) in [4.78, 5) is 27.3. The molecule has 0 saturated carbocycles. The van der Waals surface area contributed by atoms with Crippen LogP contribution in [0.1, 0.15) is 52.5 Å². The van der Waals surface area contributed by atoms with Gasteiger partial charge in [-0.2, -0.15) is 0 Å². The maximum atomic E-state index is 14.8. The molecule has 0 amide bonds. The Morgan fingerprint density at radius 1 is 0.675 bits per heavy atom. The van der Waals surface area contributed by atoms with Crippen molar-refractivity contribution in [3.05, 3.63) is 95.6 Å². The summed E-state index contributed by atoms with van der Waals surface area (Å²) in [5, 5.41) is 0. The fraction of sp³-hybridized carbons (Fsp3) is 0.212. The van der Waals surface area contributed by atoms with E-state index in [2.05, 4.69) is 0 Å². The van der Waals surface area contributed by atoms with Crippen LogP contribution in [-0.4, -0.2) is 34.6 Å². The zero-order valence-electron chi connectivity index (χ0n) is 22.7. The van der Waals surface area contributed by atoms with E-state index in [1.807, 2.05) is 49.4 Å². The Morgan fingerprint density at radius 3 is 1.90 bits per heavy atom. The van der Waals surface area contributed by atoms with Gasteiger partial charge in [-0.15, -0.1) is 0 Å². The summed E-state index contributed by atoms with van der Waals surface area (Å²) in [5.41, 5.74) is 3.45. The molecule has 0 radical (unpaired) electrons. The number of unbranched alkanes of at least 4 members (excludes halogenated alkanes) is 2. The van der Waals surface area contributed by atoms with Crippen molar-refractivity contribution in [3.63, 3.8) is 0 Å². The number of methoxy groups -OCH3 is 2. The molecule has 204 valence electrons. The number of rotatable bonds is 7. The minimum atomic E-state index is -4.18. The van der Waals surface area contributed by atoms with Gasteiger partial charge in [0.25, 0.3) is 0 Å². The van der Waals surface area contributed by atoms with Crippen LogP contribution in [0.4, 0.5) is 0 Å². The Bertz CT molecular complexity index is 1720. The van der Waals surface area contributed by atoms with E-state index in [0.29, 0.717) is 34.2 Å². The molecule has 1 aliphatic rings. The molecule has 1 aliphatic heterocycles. The number of benzene rings is 4. The van der Waals surface area contributed by atoms with Gasteiger partial charge in [0.15, 0.2) is 0 Å². The first-order valence-corrected chi connectivity index (χ1v) is 14.7. The predicted molar refractivity (Wildman–Crippen MR) is 154 cm³/mol. The quantitative estimate of drug-likeness (QED) is 0.157. The van der Waals surface area contributed by atoms with Crippen molar-refractivity contribution in [1.29, 1.82) is 0 Å². The molecule has 40 heavy (non-hydrogen) atoms. The molecule has 0 unspecified atom stereocenters. The van der Waals surface area contributed by atoms with Crippen molar-refractivity contribution in [2.45, 2.75) is 42.4 Å². The fourth-order valence-electron chi connectivity index (χ4n) is 5.62. The average molecular weight is 555 g/mol. The van der Waals surface area contributed by atoms with Gasteiger partial charge in [0, 0.05) is 16.7 Å². The monoisotopic (exact) mass is 554 g/mol. The van der Waals surface area contributed by atoms with Crippen LogP contribution in [0.3, 0.4) is 0 Å². The molecule has 0 aliphatic carbocycles. The topological polar surface area (TPSA) is 86.7 Å². The van der Waals surface area contributed by atoms with Crippen molar-refractivity contribution < 1.29 is 27.5 Å². The van der Waals surface area contributed by atoms with E-state index < -0.39 is 21.8 Å². The highest BCUT2D eigenvalue weighted by Crippen LogP contribution is 2.52. The summed E-state index contributed by atoms with van der Waals surface area (Å²) >= 11 is 0. The van der Waals surface area contributed by atoms with E-state index >= 15 is 0 Å². The van der Waals surface area contributed by atoms with Gasteiger partial charge in [0.1, 0.15) is 0 Å². The van der Waals surface area contributed by atoms with Crippen LogP contribution >= 0.6 is 0 Å². The molecule has 4 aromatic rings. The van der Waals surface area contributed by atoms with Crippen LogP contribution in [0.2, 0.25) is 0 Å². The number of hydrogen-bond acceptors (Lipinski definition) is 6. The summed E-state index contributed by atoms with van der Waals surface area (Å²) in [6.07, 6.45) is 2.59. The van der Waals surface area contributed by atoms with Crippen LogP contribution in [0, 0.1) is 0 Å². The van der Waals surface area contributed by atoms with E-state index in [-0.39, 0.29) is 32.9 Å². The molecule has 0 aromatic heterocycles. The van der Waals surface area contributed by atoms with Crippen LogP contribution in [0.25, 0.3) is 33.4 Å². The summed E-state index contributed by atoms with van der Waals surface area (Å²) < 4.78 is 40.0. The van der Waals surface area contributed by atoms with Crippen molar-refractivity contribution in [3.8, 4) is 33.4 Å². The Balaban J connectivity index is 2.12. The van der Waals surface area contributed by atoms with Crippen molar-refractivity contribution in [2.24, 2.45) is 0 Å². The zero-order valence-corrected chi connectivity index (χ0v) is 23.5. The summed E-state index contributed by atoms with van der Waals surface area (Å²) in [5.74, 6) is -1.52. The summed E-state index contributed by atoms with van der Waals surface area (Å²) in [6.45, 7) is 2.04. The lowest BCUT2D eigenvalue weighted by molar-refractivity contribution is 0.0554. The standard InChI is InChI=1S/C33H30O6S/c1-4-5-7-19-25-29(32(34)38-2)30(33(35)39-3)27(21-14-8-6-9-15-21)28-24-18-11-10-16-22(24)23-17-12-13-20-26(23)40(36,37)31(25)28/h6,8-18,20H,4-5,7,19H2,1-3H3. The number of sulfone groups is 1. The van der Waals surface area contributed by atoms with Gasteiger partial charge in [-0.1, -0.05) is 92.6 Å². The van der Waals surface area contributed by atoms with Crippen LogP contribution in [0.5, 0.6) is 0 Å². The highest BCUT2D eigenvalue weighted by molar-refractivity contribution is 7.91. The molecular weight excluding hydrogens is 524 g/mol. The van der Waals surface area contributed by atoms with Gasteiger partial charge in [0.05, 0.1) is 35.1 Å². The molecule has 4 aromatic carbocycles. The lowest BCUT2D eigenvalue weighted by Gasteiger charge is -2.25. The van der Waals surface area contributed by atoms with Gasteiger partial charge in [0.2, 0.25) is 9.84 Å². The second kappa shape index (κ2) is 11.1. The lowest BCUT2D eigenvalue weighted by atomic mass is 9.81. The molecule has 7 heteroatoms. The number of ether oxygens (including phenoxy) is 2. The number of hydrogen-bond donors (Lipinski definition) is 0. The van der Waals surface area contributed by atoms with Gasteiger partial charge in [-0.3, -0.25) is 0 Å². The molecule has 0 N–H and O–H groups in total. The second-order valence-electron chi connectivity index (χ2n) is 9.66. The molecule has 0 fully saturated rings. The summed E-state index contributed by atoms with van der Waals surface area (Å²) in [6, 6.07) is 23.4. The number of carbonyl (C=O) groups excluding carboxylic acids is 2. The first-order valence-electron chi connectivity index (χ1n) is 13.3. The third-order valence-electron chi connectivity index (χ3n) is 7.36. The van der Waals surface area contributed by atoms with Crippen molar-refractivity contribution in [2.75, 3.05) is 14.2 Å². The number of esters is 2. The smallest absolute Gasteiger partial charge is 0.339 e. The van der Waals surface area contributed by atoms with Gasteiger partial charge < -0.3 is 9.47 Å². The minimum absolute atomic E-state index is 0.00163.